The molecule has 0 unspecified atom stereocenters. The summed E-state index contributed by atoms with van der Waals surface area (Å²) in [6.45, 7) is 7.44. The van der Waals surface area contributed by atoms with Gasteiger partial charge in [-0.25, -0.2) is 13.4 Å². The number of benzene rings is 2. The van der Waals surface area contributed by atoms with Crippen molar-refractivity contribution in [2.45, 2.75) is 76.7 Å². The third kappa shape index (κ3) is 8.73. The van der Waals surface area contributed by atoms with E-state index in [1.165, 1.54) is 17.3 Å². The minimum atomic E-state index is -3.66. The van der Waals surface area contributed by atoms with Gasteiger partial charge in [-0.2, -0.15) is 4.98 Å². The molecular weight excluding hydrogens is 630 g/mol. The van der Waals surface area contributed by atoms with Crippen LogP contribution in [0.2, 0.25) is 5.02 Å². The molecule has 1 aliphatic rings. The van der Waals surface area contributed by atoms with E-state index < -0.39 is 20.0 Å². The largest absolute Gasteiger partial charge is 0.495 e. The van der Waals surface area contributed by atoms with E-state index in [0.717, 1.165) is 18.5 Å². The lowest BCUT2D eigenvalue weighted by Gasteiger charge is -2.54. The van der Waals surface area contributed by atoms with Crippen molar-refractivity contribution in [2.75, 3.05) is 10.6 Å². The van der Waals surface area contributed by atoms with Crippen LogP contribution in [0.4, 0.5) is 23.1 Å². The van der Waals surface area contributed by atoms with Gasteiger partial charge in [0, 0.05) is 4.65 Å². The smallest absolute Gasteiger partial charge is 0.229 e. The molecule has 2 aromatic carbocycles. The van der Waals surface area contributed by atoms with Crippen molar-refractivity contribution in [3.05, 3.63) is 58.7 Å². The van der Waals surface area contributed by atoms with E-state index in [9.17, 15) is 8.42 Å². The third-order valence-corrected chi connectivity index (χ3v) is 11.4. The number of aromatic nitrogens is 2. The van der Waals surface area contributed by atoms with Gasteiger partial charge in [0.05, 0.1) is 51.5 Å². The molecule has 0 bridgehead atoms. The first kappa shape index (κ1) is 38.6. The summed E-state index contributed by atoms with van der Waals surface area (Å²) in [6, 6.07) is 11.2. The summed E-state index contributed by atoms with van der Waals surface area (Å²) >= 11 is 6.58. The highest BCUT2D eigenvalue weighted by Crippen LogP contribution is 2.46. The first-order valence-corrected chi connectivity index (χ1v) is 18.6. The zero-order valence-electron chi connectivity index (χ0n) is 31.4. The Morgan fingerprint density at radius 1 is 0.896 bits per heavy atom. The topological polar surface area (TPSA) is 105 Å². The number of hydrogen-bond donors (Lipinski definition) is 3. The van der Waals surface area contributed by atoms with E-state index in [-0.39, 0.29) is 36.8 Å². The van der Waals surface area contributed by atoms with Crippen LogP contribution in [-0.4, -0.2) is 118 Å². The average molecular weight is 676 g/mol. The zero-order valence-corrected chi connectivity index (χ0v) is 32.9. The molecule has 48 heavy (non-hydrogen) atoms. The molecule has 8 nitrogen and oxygen atoms in total. The number of halogens is 1. The highest BCUT2D eigenvalue weighted by atomic mass is 35.5. The Hall–Kier alpha value is -2.23. The zero-order chi connectivity index (χ0) is 36.3. The van der Waals surface area contributed by atoms with Crippen LogP contribution in [0, 0.1) is 0 Å². The van der Waals surface area contributed by atoms with Crippen molar-refractivity contribution in [2.24, 2.45) is 0 Å². The number of ether oxygens (including phenoxy) is 1. The van der Waals surface area contributed by atoms with Crippen molar-refractivity contribution >= 4 is 123 Å². The summed E-state index contributed by atoms with van der Waals surface area (Å²) in [4.78, 5) is 9.39. The van der Waals surface area contributed by atoms with Gasteiger partial charge in [-0.05, 0) is 72.5 Å². The lowest BCUT2D eigenvalue weighted by atomic mass is 9.35. The predicted octanol–water partition coefficient (Wildman–Crippen LogP) is -4.43. The number of piperidine rings is 1. The molecule has 0 atom stereocenters. The number of anilines is 4. The fourth-order valence-corrected chi connectivity index (χ4v) is 8.78. The van der Waals surface area contributed by atoms with Gasteiger partial charge in [-0.15, -0.1) is 0 Å². The molecule has 3 N–H and O–H groups in total. The van der Waals surface area contributed by atoms with Crippen molar-refractivity contribution in [3.8, 4) is 5.75 Å². The van der Waals surface area contributed by atoms with E-state index in [0.29, 0.717) is 17.4 Å². The maximum atomic E-state index is 13.4. The van der Waals surface area contributed by atoms with Gasteiger partial charge in [-0.1, -0.05) is 48.3 Å². The molecule has 1 aliphatic heterocycles. The Bertz CT molecular complexity index is 1800. The first-order valence-electron chi connectivity index (χ1n) is 16.7. The molecule has 0 spiro atoms. The number of rotatable bonds is 10. The normalized spacial score (nSPS) is 17.7. The van der Waals surface area contributed by atoms with Crippen LogP contribution in [0.3, 0.4) is 0 Å². The number of para-hydroxylation sites is 1. The molecule has 0 radical (unpaired) electrons. The second-order valence-corrected chi connectivity index (χ2v) is 21.0. The predicted molar refractivity (Wildman–Crippen MR) is 229 cm³/mol. The Labute approximate surface area is 302 Å². The second kappa shape index (κ2) is 12.8. The summed E-state index contributed by atoms with van der Waals surface area (Å²) in [7, 11) is 18.3. The van der Waals surface area contributed by atoms with Crippen LogP contribution in [0.5, 0.6) is 5.75 Å². The fourth-order valence-electron chi connectivity index (χ4n) is 7.32. The van der Waals surface area contributed by atoms with Gasteiger partial charge in [0.1, 0.15) is 57.8 Å². The highest BCUT2D eigenvalue weighted by molar-refractivity contribution is 7.94. The number of sulfone groups is 1. The number of nitrogens with one attached hydrogen (secondary N) is 3. The quantitative estimate of drug-likeness (QED) is 0.185. The minimum Gasteiger partial charge on any atom is -0.495 e. The molecule has 20 heteroatoms. The van der Waals surface area contributed by atoms with E-state index in [4.69, 9.17) is 21.3 Å². The van der Waals surface area contributed by atoms with Crippen molar-refractivity contribution < 1.29 is 13.2 Å². The third-order valence-electron chi connectivity index (χ3n) is 8.56. The van der Waals surface area contributed by atoms with Gasteiger partial charge in [0.25, 0.3) is 0 Å². The van der Waals surface area contributed by atoms with Crippen molar-refractivity contribution in [1.29, 1.82) is 0 Å². The minimum absolute atomic E-state index is 0.0565. The summed E-state index contributed by atoms with van der Waals surface area (Å²) in [6.07, 6.45) is 3.44. The molecule has 0 saturated carbocycles. The molecule has 4 rings (SSSR count). The molecule has 0 aliphatic carbocycles. The van der Waals surface area contributed by atoms with Gasteiger partial charge in [0.15, 0.2) is 23.5 Å². The Morgan fingerprint density at radius 2 is 1.48 bits per heavy atom. The summed E-state index contributed by atoms with van der Waals surface area (Å²) in [5.41, 5.74) is 3.14. The Morgan fingerprint density at radius 3 is 2.02 bits per heavy atom. The molecule has 0 amide bonds. The molecule has 1 fully saturated rings. The van der Waals surface area contributed by atoms with Crippen LogP contribution in [0.15, 0.2) is 47.5 Å². The Kier molecular flexibility index (Phi) is 10.3. The van der Waals surface area contributed by atoms with Gasteiger partial charge >= 0.3 is 0 Å². The molecule has 244 valence electrons. The van der Waals surface area contributed by atoms with Gasteiger partial charge in [0.2, 0.25) is 5.95 Å². The van der Waals surface area contributed by atoms with Crippen molar-refractivity contribution in [1.82, 2.24) is 15.3 Å². The van der Waals surface area contributed by atoms with Crippen LogP contribution < -0.4 is 20.7 Å². The van der Waals surface area contributed by atoms with E-state index in [1.807, 2.05) is 21.7 Å². The molecule has 2 heterocycles. The standard InChI is InChI=1S/C28H46B10ClN5O3S/c1-23(2,29)47-19-10-14(25(31)12-26(32,33)44-27(34,35)13-25)15(28(36,37)38)9-18(19)42-22-40-11-16(39)21(43-22)41-17-7-5-6-8-20(17)48(45,46)24(3,4)30/h5-11,44H,12-13,29-38H2,1-4H3,(H2,40,41,42,43). The number of hydrogen-bond acceptors (Lipinski definition) is 8. The Balaban J connectivity index is 1.84. The summed E-state index contributed by atoms with van der Waals surface area (Å²) < 4.78 is 32.5. The second-order valence-electron chi connectivity index (χ2n) is 17.9. The van der Waals surface area contributed by atoms with Crippen LogP contribution in [-0.2, 0) is 20.3 Å². The monoisotopic (exact) mass is 677 g/mol. The van der Waals surface area contributed by atoms with Crippen LogP contribution in [0.1, 0.15) is 51.7 Å². The SMILES string of the molecule is BC1(B)CC(B)(c2cc(OC(B)(C)C)c(Nc3ncc(Cl)c(Nc4ccccc4S(=O)(=O)C(B)(C)C)n3)cc2C(B)(B)B)CC(B)(B)N1. The lowest BCUT2D eigenvalue weighted by molar-refractivity contribution is 0.198. The molecule has 1 saturated heterocycles. The molecular formula is C28H46B10ClN5O3S. The maximum absolute atomic E-state index is 13.4. The van der Waals surface area contributed by atoms with E-state index in [2.05, 4.69) is 95.8 Å². The maximum Gasteiger partial charge on any atom is 0.229 e. The fraction of sp³-hybridized carbons (Fsp3) is 0.429. The highest BCUT2D eigenvalue weighted by Gasteiger charge is 2.46. The van der Waals surface area contributed by atoms with Crippen LogP contribution in [0.25, 0.3) is 0 Å². The first-order chi connectivity index (χ1) is 21.6. The number of nitrogens with zero attached hydrogens (tertiary/aromatic N) is 2. The van der Waals surface area contributed by atoms with Crippen molar-refractivity contribution in [3.63, 3.8) is 0 Å². The summed E-state index contributed by atoms with van der Waals surface area (Å²) in [5, 5.41) is 10.3. The molecule has 1 aromatic heterocycles. The van der Waals surface area contributed by atoms with Gasteiger partial charge in [-0.3, -0.25) is 0 Å². The van der Waals surface area contributed by atoms with Crippen LogP contribution >= 0.6 is 11.6 Å². The lowest BCUT2D eigenvalue weighted by Crippen LogP contribution is -2.69. The van der Waals surface area contributed by atoms with E-state index in [1.54, 1.807) is 46.0 Å². The summed E-state index contributed by atoms with van der Waals surface area (Å²) in [5.74, 6) is 1.28. The van der Waals surface area contributed by atoms with Gasteiger partial charge < -0.3 is 20.7 Å². The van der Waals surface area contributed by atoms with E-state index >= 15 is 0 Å². The molecule has 3 aromatic rings. The average Bonchev–Trinajstić information content (AvgIpc) is 2.87.